The SMILES string of the molecule is CCCCn1c(N2CCC(C(=O)N[C@@H](Cc3ccccc3)c3ccccc3)CC2)nc2ccccc21. The maximum absolute atomic E-state index is 13.4. The van der Waals surface area contributed by atoms with Crippen molar-refractivity contribution in [3.8, 4) is 0 Å². The molecule has 1 aliphatic rings. The molecule has 36 heavy (non-hydrogen) atoms. The Bertz CT molecular complexity index is 1260. The van der Waals surface area contributed by atoms with Crippen LogP contribution >= 0.6 is 0 Å². The Morgan fingerprint density at radius 3 is 2.33 bits per heavy atom. The summed E-state index contributed by atoms with van der Waals surface area (Å²) in [6.45, 7) is 4.90. The van der Waals surface area contributed by atoms with Crippen molar-refractivity contribution < 1.29 is 4.79 Å². The Morgan fingerprint density at radius 2 is 1.61 bits per heavy atom. The van der Waals surface area contributed by atoms with Crippen molar-refractivity contribution in [2.75, 3.05) is 18.0 Å². The first kappa shape index (κ1) is 24.1. The third-order valence-corrected chi connectivity index (χ3v) is 7.32. The van der Waals surface area contributed by atoms with Crippen LogP contribution in [-0.2, 0) is 17.8 Å². The molecule has 0 aliphatic carbocycles. The van der Waals surface area contributed by atoms with Gasteiger partial charge in [-0.3, -0.25) is 4.79 Å². The average Bonchev–Trinajstić information content (AvgIpc) is 3.31. The van der Waals surface area contributed by atoms with E-state index in [4.69, 9.17) is 4.98 Å². The van der Waals surface area contributed by atoms with Gasteiger partial charge in [-0.1, -0.05) is 86.1 Å². The van der Waals surface area contributed by atoms with Crippen LogP contribution < -0.4 is 10.2 Å². The second-order valence-electron chi connectivity index (χ2n) is 9.83. The Balaban J connectivity index is 1.27. The minimum Gasteiger partial charge on any atom is -0.349 e. The van der Waals surface area contributed by atoms with Crippen molar-refractivity contribution >= 4 is 22.9 Å². The molecule has 5 heteroatoms. The number of aryl methyl sites for hydroxylation is 1. The second-order valence-corrected chi connectivity index (χ2v) is 9.83. The molecule has 1 saturated heterocycles. The van der Waals surface area contributed by atoms with Gasteiger partial charge in [-0.25, -0.2) is 4.98 Å². The summed E-state index contributed by atoms with van der Waals surface area (Å²) in [6.07, 6.45) is 4.76. The predicted molar refractivity (Wildman–Crippen MR) is 147 cm³/mol. The molecule has 0 spiro atoms. The maximum atomic E-state index is 13.4. The third kappa shape index (κ3) is 5.46. The summed E-state index contributed by atoms with van der Waals surface area (Å²) in [5.74, 6) is 1.24. The zero-order valence-corrected chi connectivity index (χ0v) is 21.1. The molecule has 1 N–H and O–H groups in total. The van der Waals surface area contributed by atoms with Gasteiger partial charge < -0.3 is 14.8 Å². The number of piperidine rings is 1. The van der Waals surface area contributed by atoms with Gasteiger partial charge in [0.25, 0.3) is 0 Å². The van der Waals surface area contributed by atoms with E-state index >= 15 is 0 Å². The molecule has 2 heterocycles. The summed E-state index contributed by atoms with van der Waals surface area (Å²) in [5.41, 5.74) is 4.63. The number of amides is 1. The van der Waals surface area contributed by atoms with E-state index < -0.39 is 0 Å². The Labute approximate surface area is 214 Å². The number of nitrogens with zero attached hydrogens (tertiary/aromatic N) is 3. The molecule has 0 bridgehead atoms. The molecule has 0 saturated carbocycles. The lowest BCUT2D eigenvalue weighted by molar-refractivity contribution is -0.126. The van der Waals surface area contributed by atoms with Gasteiger partial charge in [0.05, 0.1) is 17.1 Å². The second kappa shape index (κ2) is 11.4. The molecule has 1 atom stereocenters. The van der Waals surface area contributed by atoms with E-state index in [1.807, 2.05) is 24.3 Å². The number of rotatable bonds is 9. The van der Waals surface area contributed by atoms with Gasteiger partial charge in [0, 0.05) is 25.6 Å². The van der Waals surface area contributed by atoms with E-state index in [0.29, 0.717) is 0 Å². The predicted octanol–water partition coefficient (Wildman–Crippen LogP) is 6.15. The van der Waals surface area contributed by atoms with Gasteiger partial charge in [0.15, 0.2) is 0 Å². The maximum Gasteiger partial charge on any atom is 0.223 e. The monoisotopic (exact) mass is 480 g/mol. The number of hydrogen-bond acceptors (Lipinski definition) is 3. The fourth-order valence-electron chi connectivity index (χ4n) is 5.26. The molecule has 5 rings (SSSR count). The smallest absolute Gasteiger partial charge is 0.223 e. The van der Waals surface area contributed by atoms with Crippen LogP contribution in [0.5, 0.6) is 0 Å². The zero-order chi connectivity index (χ0) is 24.7. The fourth-order valence-corrected chi connectivity index (χ4v) is 5.26. The molecular weight excluding hydrogens is 444 g/mol. The van der Waals surface area contributed by atoms with Gasteiger partial charge in [-0.05, 0) is 48.9 Å². The molecule has 3 aromatic carbocycles. The number of carbonyl (C=O) groups is 1. The minimum atomic E-state index is -0.0302. The van der Waals surface area contributed by atoms with E-state index in [2.05, 4.69) is 82.4 Å². The Kier molecular flexibility index (Phi) is 7.65. The first-order chi connectivity index (χ1) is 17.7. The average molecular weight is 481 g/mol. The van der Waals surface area contributed by atoms with Gasteiger partial charge in [0.1, 0.15) is 0 Å². The molecule has 5 nitrogen and oxygen atoms in total. The first-order valence-electron chi connectivity index (χ1n) is 13.3. The van der Waals surface area contributed by atoms with Gasteiger partial charge in [-0.2, -0.15) is 0 Å². The van der Waals surface area contributed by atoms with Crippen LogP contribution in [0.1, 0.15) is 49.8 Å². The molecule has 1 fully saturated rings. The lowest BCUT2D eigenvalue weighted by atomic mass is 9.93. The summed E-state index contributed by atoms with van der Waals surface area (Å²) in [5, 5.41) is 3.39. The van der Waals surface area contributed by atoms with Crippen molar-refractivity contribution in [3.63, 3.8) is 0 Å². The highest BCUT2D eigenvalue weighted by Crippen LogP contribution is 2.28. The number of unbranched alkanes of at least 4 members (excludes halogenated alkanes) is 1. The van der Waals surface area contributed by atoms with Crippen LogP contribution in [0, 0.1) is 5.92 Å². The third-order valence-electron chi connectivity index (χ3n) is 7.32. The number of anilines is 1. The van der Waals surface area contributed by atoms with Crippen LogP contribution in [0.4, 0.5) is 5.95 Å². The molecular formula is C31H36N4O. The summed E-state index contributed by atoms with van der Waals surface area (Å²) in [4.78, 5) is 20.8. The number of benzene rings is 3. The van der Waals surface area contributed by atoms with E-state index in [1.54, 1.807) is 0 Å². The van der Waals surface area contributed by atoms with Crippen LogP contribution in [0.2, 0.25) is 0 Å². The molecule has 0 unspecified atom stereocenters. The number of para-hydroxylation sites is 2. The first-order valence-corrected chi connectivity index (χ1v) is 13.3. The minimum absolute atomic E-state index is 0.0247. The Hall–Kier alpha value is -3.60. The van der Waals surface area contributed by atoms with Crippen LogP contribution in [-0.4, -0.2) is 28.5 Å². The molecule has 1 aliphatic heterocycles. The number of nitrogens with one attached hydrogen (secondary N) is 1. The zero-order valence-electron chi connectivity index (χ0n) is 21.1. The molecule has 4 aromatic rings. The highest BCUT2D eigenvalue weighted by Gasteiger charge is 2.29. The van der Waals surface area contributed by atoms with Crippen molar-refractivity contribution in [1.82, 2.24) is 14.9 Å². The highest BCUT2D eigenvalue weighted by atomic mass is 16.2. The normalized spacial score (nSPS) is 15.2. The fraction of sp³-hybridized carbons (Fsp3) is 0.355. The van der Waals surface area contributed by atoms with Crippen molar-refractivity contribution in [3.05, 3.63) is 96.1 Å². The topological polar surface area (TPSA) is 50.2 Å². The number of carbonyl (C=O) groups excluding carboxylic acids is 1. The Morgan fingerprint density at radius 1 is 0.944 bits per heavy atom. The number of aromatic nitrogens is 2. The quantitative estimate of drug-likeness (QED) is 0.312. The van der Waals surface area contributed by atoms with Crippen LogP contribution in [0.25, 0.3) is 11.0 Å². The summed E-state index contributed by atoms with van der Waals surface area (Å²) in [7, 11) is 0. The molecule has 1 amide bonds. The van der Waals surface area contributed by atoms with E-state index in [9.17, 15) is 4.79 Å². The van der Waals surface area contributed by atoms with Gasteiger partial charge in [0.2, 0.25) is 11.9 Å². The van der Waals surface area contributed by atoms with Crippen molar-refractivity contribution in [1.29, 1.82) is 0 Å². The van der Waals surface area contributed by atoms with Gasteiger partial charge >= 0.3 is 0 Å². The standard InChI is InChI=1S/C31H36N4O/c1-2-3-20-35-29-17-11-10-16-27(29)33-31(35)34-21-18-26(19-22-34)30(36)32-28(25-14-8-5-9-15-25)23-24-12-6-4-7-13-24/h4-17,26,28H,2-3,18-23H2,1H3,(H,32,36)/t28-/m0/s1. The number of hydrogen-bond donors (Lipinski definition) is 1. The molecule has 0 radical (unpaired) electrons. The van der Waals surface area contributed by atoms with Crippen LogP contribution in [0.3, 0.4) is 0 Å². The lowest BCUT2D eigenvalue weighted by Gasteiger charge is -2.33. The number of imidazole rings is 1. The van der Waals surface area contributed by atoms with E-state index in [1.165, 1.54) is 11.1 Å². The van der Waals surface area contributed by atoms with Crippen molar-refractivity contribution in [2.45, 2.75) is 51.6 Å². The summed E-state index contributed by atoms with van der Waals surface area (Å²) >= 11 is 0. The molecule has 1 aromatic heterocycles. The largest absolute Gasteiger partial charge is 0.349 e. The summed E-state index contributed by atoms with van der Waals surface area (Å²) < 4.78 is 2.37. The number of fused-ring (bicyclic) bond motifs is 1. The molecule has 186 valence electrons. The lowest BCUT2D eigenvalue weighted by Crippen LogP contribution is -2.42. The summed E-state index contributed by atoms with van der Waals surface area (Å²) in [6, 6.07) is 29.1. The highest BCUT2D eigenvalue weighted by molar-refractivity contribution is 5.80. The van der Waals surface area contributed by atoms with Crippen LogP contribution in [0.15, 0.2) is 84.9 Å². The van der Waals surface area contributed by atoms with E-state index in [-0.39, 0.29) is 17.9 Å². The van der Waals surface area contributed by atoms with E-state index in [0.717, 1.165) is 68.8 Å². The van der Waals surface area contributed by atoms with Gasteiger partial charge in [-0.15, -0.1) is 0 Å². The van der Waals surface area contributed by atoms with Crippen molar-refractivity contribution in [2.24, 2.45) is 5.92 Å².